The van der Waals surface area contributed by atoms with Gasteiger partial charge in [-0.1, -0.05) is 23.7 Å². The van der Waals surface area contributed by atoms with Crippen LogP contribution >= 0.6 is 11.6 Å². The fraction of sp³-hybridized carbons (Fsp3) is 0.0526. The first-order chi connectivity index (χ1) is 12.5. The molecule has 0 bridgehead atoms. The fourth-order valence-electron chi connectivity index (χ4n) is 2.74. The average Bonchev–Trinajstić information content (AvgIpc) is 2.61. The normalized spacial score (nSPS) is 11.0. The van der Waals surface area contributed by atoms with E-state index in [0.29, 0.717) is 32.9 Å². The first-order valence-electron chi connectivity index (χ1n) is 7.80. The predicted molar refractivity (Wildman–Crippen MR) is 100 cm³/mol. The van der Waals surface area contributed by atoms with Crippen LogP contribution in [-0.4, -0.2) is 15.9 Å². The molecule has 0 spiro atoms. The second kappa shape index (κ2) is 6.24. The molecule has 2 heterocycles. The summed E-state index contributed by atoms with van der Waals surface area (Å²) in [5.74, 6) is 0.139. The van der Waals surface area contributed by atoms with Gasteiger partial charge in [0.2, 0.25) is 5.91 Å². The third kappa shape index (κ3) is 2.80. The summed E-state index contributed by atoms with van der Waals surface area (Å²) in [4.78, 5) is 33.0. The Bertz CT molecular complexity index is 1220. The van der Waals surface area contributed by atoms with Crippen molar-refractivity contribution in [1.29, 1.82) is 0 Å². The number of carbonyl (C=O) groups is 1. The number of halogens is 1. The number of hydrogen-bond donors (Lipinski definition) is 1. The molecule has 1 amide bonds. The molecular formula is C19H12ClN3O3. The summed E-state index contributed by atoms with van der Waals surface area (Å²) >= 11 is 5.94. The zero-order valence-corrected chi connectivity index (χ0v) is 14.4. The number of fused-ring (bicyclic) bond motifs is 3. The summed E-state index contributed by atoms with van der Waals surface area (Å²) < 4.78 is 5.35. The summed E-state index contributed by atoms with van der Waals surface area (Å²) in [5, 5.41) is 3.98. The van der Waals surface area contributed by atoms with Crippen LogP contribution in [0.5, 0.6) is 0 Å². The van der Waals surface area contributed by atoms with Crippen LogP contribution in [0, 0.1) is 0 Å². The molecule has 6 nitrogen and oxygen atoms in total. The number of rotatable bonds is 2. The van der Waals surface area contributed by atoms with Gasteiger partial charge in [-0.25, -0.2) is 14.8 Å². The van der Waals surface area contributed by atoms with Crippen LogP contribution in [0.3, 0.4) is 0 Å². The third-order valence-corrected chi connectivity index (χ3v) is 4.11. The summed E-state index contributed by atoms with van der Waals surface area (Å²) in [6.45, 7) is 1.35. The zero-order chi connectivity index (χ0) is 18.3. The van der Waals surface area contributed by atoms with Crippen LogP contribution in [0.4, 0.5) is 5.82 Å². The van der Waals surface area contributed by atoms with Gasteiger partial charge >= 0.3 is 5.63 Å². The number of nitrogens with one attached hydrogen (secondary N) is 1. The van der Waals surface area contributed by atoms with Gasteiger partial charge in [-0.2, -0.15) is 0 Å². The molecule has 1 N–H and O–H groups in total. The molecule has 0 atom stereocenters. The number of benzene rings is 2. The molecule has 0 aliphatic rings. The molecule has 2 aromatic carbocycles. The Labute approximate surface area is 152 Å². The summed E-state index contributed by atoms with van der Waals surface area (Å²) in [5.41, 5.74) is 0.936. The average molecular weight is 366 g/mol. The number of nitrogens with zero attached hydrogens (tertiary/aromatic N) is 2. The van der Waals surface area contributed by atoms with Gasteiger partial charge in [0.15, 0.2) is 11.6 Å². The van der Waals surface area contributed by atoms with Crippen LogP contribution in [0.15, 0.2) is 57.7 Å². The Hall–Kier alpha value is -3.25. The molecule has 0 unspecified atom stereocenters. The largest absolute Gasteiger partial charge is 0.422 e. The Morgan fingerprint density at radius 2 is 1.81 bits per heavy atom. The van der Waals surface area contributed by atoms with Crippen LogP contribution in [-0.2, 0) is 4.79 Å². The Morgan fingerprint density at radius 3 is 2.54 bits per heavy atom. The molecule has 0 saturated carbocycles. The Balaban J connectivity index is 2.11. The van der Waals surface area contributed by atoms with Gasteiger partial charge in [0.1, 0.15) is 11.0 Å². The van der Waals surface area contributed by atoms with Crippen molar-refractivity contribution >= 4 is 45.2 Å². The fourth-order valence-corrected chi connectivity index (χ4v) is 2.86. The number of hydrogen-bond acceptors (Lipinski definition) is 5. The quantitative estimate of drug-likeness (QED) is 0.428. The highest BCUT2D eigenvalue weighted by atomic mass is 35.5. The van der Waals surface area contributed by atoms with E-state index in [-0.39, 0.29) is 17.1 Å². The minimum Gasteiger partial charge on any atom is -0.422 e. The van der Waals surface area contributed by atoms with Crippen molar-refractivity contribution in [1.82, 2.24) is 9.97 Å². The maximum absolute atomic E-state index is 12.5. The van der Waals surface area contributed by atoms with Crippen LogP contribution in [0.25, 0.3) is 33.3 Å². The van der Waals surface area contributed by atoms with E-state index in [1.165, 1.54) is 6.92 Å². The van der Waals surface area contributed by atoms with Crippen molar-refractivity contribution in [2.45, 2.75) is 6.92 Å². The van der Waals surface area contributed by atoms with E-state index < -0.39 is 5.63 Å². The lowest BCUT2D eigenvalue weighted by Crippen LogP contribution is -2.13. The van der Waals surface area contributed by atoms with Crippen molar-refractivity contribution in [2.75, 3.05) is 5.32 Å². The zero-order valence-electron chi connectivity index (χ0n) is 13.6. The number of anilines is 1. The lowest BCUT2D eigenvalue weighted by Gasteiger charge is -2.10. The maximum atomic E-state index is 12.5. The van der Waals surface area contributed by atoms with E-state index in [1.807, 2.05) is 6.07 Å². The molecule has 7 heteroatoms. The van der Waals surface area contributed by atoms with E-state index in [2.05, 4.69) is 15.3 Å². The van der Waals surface area contributed by atoms with E-state index in [9.17, 15) is 9.59 Å². The second-order valence-electron chi connectivity index (χ2n) is 5.69. The number of aromatic nitrogens is 2. The lowest BCUT2D eigenvalue weighted by atomic mass is 10.1. The van der Waals surface area contributed by atoms with Crippen LogP contribution < -0.4 is 10.9 Å². The third-order valence-electron chi connectivity index (χ3n) is 3.85. The number of para-hydroxylation sites is 1. The smallest absolute Gasteiger partial charge is 0.349 e. The molecule has 0 saturated heterocycles. The molecule has 2 aromatic heterocycles. The van der Waals surface area contributed by atoms with Gasteiger partial charge in [0.05, 0.1) is 5.52 Å². The van der Waals surface area contributed by atoms with E-state index in [0.717, 1.165) is 0 Å². The van der Waals surface area contributed by atoms with E-state index >= 15 is 0 Å². The van der Waals surface area contributed by atoms with E-state index in [4.69, 9.17) is 16.0 Å². The molecule has 4 aromatic rings. The minimum absolute atomic E-state index is 0.118. The number of carbonyl (C=O) groups excluding carboxylic acids is 1. The second-order valence-corrected chi connectivity index (χ2v) is 6.13. The molecule has 0 aliphatic heterocycles. The van der Waals surface area contributed by atoms with Crippen molar-refractivity contribution in [3.8, 4) is 11.4 Å². The van der Waals surface area contributed by atoms with Gasteiger partial charge in [0, 0.05) is 22.9 Å². The van der Waals surface area contributed by atoms with Gasteiger partial charge in [-0.05, 0) is 36.4 Å². The predicted octanol–water partition coefficient (Wildman–Crippen LogP) is 4.02. The highest BCUT2D eigenvalue weighted by Gasteiger charge is 2.17. The van der Waals surface area contributed by atoms with Crippen molar-refractivity contribution in [3.63, 3.8) is 0 Å². The minimum atomic E-state index is -0.606. The van der Waals surface area contributed by atoms with Gasteiger partial charge in [-0.15, -0.1) is 0 Å². The van der Waals surface area contributed by atoms with E-state index in [1.54, 1.807) is 42.5 Å². The number of amides is 1. The van der Waals surface area contributed by atoms with Gasteiger partial charge in [0.25, 0.3) is 0 Å². The first kappa shape index (κ1) is 16.2. The van der Waals surface area contributed by atoms with Crippen LogP contribution in [0.2, 0.25) is 5.02 Å². The van der Waals surface area contributed by atoms with Crippen molar-refractivity contribution < 1.29 is 9.21 Å². The molecule has 26 heavy (non-hydrogen) atoms. The lowest BCUT2D eigenvalue weighted by molar-refractivity contribution is -0.114. The highest BCUT2D eigenvalue weighted by Crippen LogP contribution is 2.28. The molecule has 0 fully saturated rings. The monoisotopic (exact) mass is 365 g/mol. The molecule has 0 aliphatic carbocycles. The summed E-state index contributed by atoms with van der Waals surface area (Å²) in [6, 6.07) is 14.1. The SMILES string of the molecule is CC(=O)Nc1nc(-c2ccc(Cl)cc2)nc2c1c(=O)oc1ccccc12. The van der Waals surface area contributed by atoms with Crippen LogP contribution in [0.1, 0.15) is 6.92 Å². The van der Waals surface area contributed by atoms with Gasteiger partial charge in [-0.3, -0.25) is 4.79 Å². The topological polar surface area (TPSA) is 85.1 Å². The highest BCUT2D eigenvalue weighted by molar-refractivity contribution is 6.30. The van der Waals surface area contributed by atoms with Crippen molar-refractivity contribution in [3.05, 3.63) is 64.0 Å². The Kier molecular flexibility index (Phi) is 3.89. The van der Waals surface area contributed by atoms with Gasteiger partial charge < -0.3 is 9.73 Å². The Morgan fingerprint density at radius 1 is 1.08 bits per heavy atom. The molecule has 128 valence electrons. The summed E-state index contributed by atoms with van der Waals surface area (Å²) in [6.07, 6.45) is 0. The van der Waals surface area contributed by atoms with Crippen molar-refractivity contribution in [2.24, 2.45) is 0 Å². The standard InChI is InChI=1S/C19H12ClN3O3/c1-10(24)21-18-15-16(13-4-2-3-5-14(13)26-19(15)25)22-17(23-18)11-6-8-12(20)9-7-11/h2-9H,1H3,(H,21,22,23,24). The molecular weight excluding hydrogens is 354 g/mol. The molecule has 4 rings (SSSR count). The molecule has 0 radical (unpaired) electrons. The first-order valence-corrected chi connectivity index (χ1v) is 8.18. The summed E-state index contributed by atoms with van der Waals surface area (Å²) in [7, 11) is 0. The maximum Gasteiger partial charge on any atom is 0.349 e.